The molecule has 138 valence electrons. The van der Waals surface area contributed by atoms with Crippen LogP contribution in [0.4, 0.5) is 13.2 Å². The van der Waals surface area contributed by atoms with E-state index in [0.717, 1.165) is 12.1 Å². The minimum Gasteiger partial charge on any atom is -0.478 e. The number of hydrogen-bond acceptors (Lipinski definition) is 2. The second-order valence-corrected chi connectivity index (χ2v) is 6.20. The number of carbonyl (C=O) groups is 1. The van der Waals surface area contributed by atoms with Crippen molar-refractivity contribution in [3.8, 4) is 22.4 Å². The Morgan fingerprint density at radius 2 is 1.57 bits per heavy atom. The van der Waals surface area contributed by atoms with Crippen molar-refractivity contribution in [1.82, 2.24) is 4.98 Å². The van der Waals surface area contributed by atoms with Gasteiger partial charge < -0.3 is 5.11 Å². The van der Waals surface area contributed by atoms with Crippen LogP contribution in [-0.2, 0) is 0 Å². The number of carboxylic acid groups (broad SMARTS) is 1. The summed E-state index contributed by atoms with van der Waals surface area (Å²) in [5, 5.41) is 9.67. The first-order valence-electron chi connectivity index (χ1n) is 8.32. The summed E-state index contributed by atoms with van der Waals surface area (Å²) in [6.45, 7) is 0. The summed E-state index contributed by atoms with van der Waals surface area (Å²) in [5.41, 5.74) is 1.84. The second-order valence-electron chi connectivity index (χ2n) is 6.20. The van der Waals surface area contributed by atoms with Crippen LogP contribution in [0.15, 0.2) is 66.7 Å². The van der Waals surface area contributed by atoms with E-state index in [4.69, 9.17) is 0 Å². The van der Waals surface area contributed by atoms with Crippen molar-refractivity contribution in [2.24, 2.45) is 0 Å². The molecule has 0 bridgehead atoms. The Labute approximate surface area is 157 Å². The van der Waals surface area contributed by atoms with Gasteiger partial charge in [0, 0.05) is 16.5 Å². The SMILES string of the molecule is O=C(O)c1cc(-c2ccc(-c3cccc(F)c3F)cc2)nc2ccc(F)cc12. The molecule has 0 aliphatic heterocycles. The average Bonchev–Trinajstić information content (AvgIpc) is 2.69. The lowest BCUT2D eigenvalue weighted by atomic mass is 10.00. The van der Waals surface area contributed by atoms with Crippen LogP contribution in [0.5, 0.6) is 0 Å². The average molecular weight is 379 g/mol. The van der Waals surface area contributed by atoms with E-state index in [1.807, 2.05) is 0 Å². The lowest BCUT2D eigenvalue weighted by molar-refractivity contribution is 0.0699. The van der Waals surface area contributed by atoms with Crippen LogP contribution in [-0.4, -0.2) is 16.1 Å². The molecule has 0 unspecified atom stereocenters. The number of halogens is 3. The predicted octanol–water partition coefficient (Wildman–Crippen LogP) is 5.68. The highest BCUT2D eigenvalue weighted by molar-refractivity contribution is 6.03. The van der Waals surface area contributed by atoms with Crippen molar-refractivity contribution in [3.63, 3.8) is 0 Å². The van der Waals surface area contributed by atoms with Crippen molar-refractivity contribution in [2.45, 2.75) is 0 Å². The number of carboxylic acids is 1. The fourth-order valence-corrected chi connectivity index (χ4v) is 3.07. The van der Waals surface area contributed by atoms with E-state index >= 15 is 0 Å². The van der Waals surface area contributed by atoms with Gasteiger partial charge in [-0.25, -0.2) is 22.9 Å². The molecule has 6 heteroatoms. The molecule has 4 aromatic rings. The Hall–Kier alpha value is -3.67. The summed E-state index contributed by atoms with van der Waals surface area (Å²) in [7, 11) is 0. The van der Waals surface area contributed by atoms with Gasteiger partial charge in [-0.15, -0.1) is 0 Å². The summed E-state index contributed by atoms with van der Waals surface area (Å²) in [4.78, 5) is 16.0. The number of nitrogens with zero attached hydrogens (tertiary/aromatic N) is 1. The largest absolute Gasteiger partial charge is 0.478 e. The zero-order chi connectivity index (χ0) is 19.8. The molecular weight excluding hydrogens is 367 g/mol. The molecule has 28 heavy (non-hydrogen) atoms. The summed E-state index contributed by atoms with van der Waals surface area (Å²) >= 11 is 0. The molecule has 0 spiro atoms. The summed E-state index contributed by atoms with van der Waals surface area (Å²) in [5.74, 6) is -3.62. The number of fused-ring (bicyclic) bond motifs is 1. The molecule has 1 N–H and O–H groups in total. The highest BCUT2D eigenvalue weighted by Crippen LogP contribution is 2.29. The molecule has 1 aromatic heterocycles. The van der Waals surface area contributed by atoms with Crippen LogP contribution in [0.25, 0.3) is 33.3 Å². The molecule has 0 radical (unpaired) electrons. The van der Waals surface area contributed by atoms with Crippen molar-refractivity contribution < 1.29 is 23.1 Å². The van der Waals surface area contributed by atoms with Crippen LogP contribution in [0.2, 0.25) is 0 Å². The first-order chi connectivity index (χ1) is 13.4. The number of benzene rings is 3. The highest BCUT2D eigenvalue weighted by atomic mass is 19.2. The molecule has 0 atom stereocenters. The minimum absolute atomic E-state index is 0.0697. The summed E-state index contributed by atoms with van der Waals surface area (Å²) in [6.07, 6.45) is 0. The van der Waals surface area contributed by atoms with E-state index in [9.17, 15) is 23.1 Å². The molecule has 3 aromatic carbocycles. The van der Waals surface area contributed by atoms with Crippen molar-refractivity contribution in [1.29, 1.82) is 0 Å². The number of rotatable bonds is 3. The molecule has 1 heterocycles. The van der Waals surface area contributed by atoms with Crippen LogP contribution in [0.1, 0.15) is 10.4 Å². The first kappa shape index (κ1) is 17.7. The van der Waals surface area contributed by atoms with Gasteiger partial charge in [0.05, 0.1) is 16.8 Å². The third kappa shape index (κ3) is 3.09. The quantitative estimate of drug-likeness (QED) is 0.498. The van der Waals surface area contributed by atoms with E-state index in [-0.39, 0.29) is 16.5 Å². The first-order valence-corrected chi connectivity index (χ1v) is 8.32. The standard InChI is InChI=1S/C22H12F3NO2/c23-14-8-9-19-16(10-14)17(22(27)28)11-20(26-19)13-6-4-12(5-7-13)15-2-1-3-18(24)21(15)25/h1-11H,(H,27,28). The maximum Gasteiger partial charge on any atom is 0.336 e. The van der Waals surface area contributed by atoms with Gasteiger partial charge in [0.15, 0.2) is 11.6 Å². The monoisotopic (exact) mass is 379 g/mol. The van der Waals surface area contributed by atoms with Crippen LogP contribution in [0.3, 0.4) is 0 Å². The molecule has 0 amide bonds. The fraction of sp³-hybridized carbons (Fsp3) is 0. The summed E-state index contributed by atoms with van der Waals surface area (Å²) < 4.78 is 40.9. The molecule has 0 saturated heterocycles. The topological polar surface area (TPSA) is 50.2 Å². The third-order valence-corrected chi connectivity index (χ3v) is 4.44. The maximum absolute atomic E-state index is 14.0. The minimum atomic E-state index is -1.20. The van der Waals surface area contributed by atoms with Crippen molar-refractivity contribution >= 4 is 16.9 Å². The predicted molar refractivity (Wildman–Crippen MR) is 99.4 cm³/mol. The molecule has 0 fully saturated rings. The Kier molecular flexibility index (Phi) is 4.31. The Morgan fingerprint density at radius 1 is 0.857 bits per heavy atom. The van der Waals surface area contributed by atoms with Gasteiger partial charge in [-0.1, -0.05) is 36.4 Å². The van der Waals surface area contributed by atoms with Gasteiger partial charge in [0.25, 0.3) is 0 Å². The van der Waals surface area contributed by atoms with Gasteiger partial charge in [0.2, 0.25) is 0 Å². The van der Waals surface area contributed by atoms with E-state index in [2.05, 4.69) is 4.98 Å². The third-order valence-electron chi connectivity index (χ3n) is 4.44. The van der Waals surface area contributed by atoms with Gasteiger partial charge in [-0.3, -0.25) is 0 Å². The molecular formula is C22H12F3NO2. The normalized spacial score (nSPS) is 11.0. The van der Waals surface area contributed by atoms with Crippen LogP contribution < -0.4 is 0 Å². The Morgan fingerprint density at radius 3 is 2.29 bits per heavy atom. The van der Waals surface area contributed by atoms with Gasteiger partial charge in [0.1, 0.15) is 5.82 Å². The van der Waals surface area contributed by atoms with Crippen molar-refractivity contribution in [2.75, 3.05) is 0 Å². The molecule has 3 nitrogen and oxygen atoms in total. The fourth-order valence-electron chi connectivity index (χ4n) is 3.07. The summed E-state index contributed by atoms with van der Waals surface area (Å²) in [6, 6.07) is 15.5. The maximum atomic E-state index is 14.0. The second kappa shape index (κ2) is 6.81. The number of pyridine rings is 1. The van der Waals surface area contributed by atoms with E-state index in [0.29, 0.717) is 22.3 Å². The zero-order valence-electron chi connectivity index (χ0n) is 14.3. The Bertz CT molecular complexity index is 1220. The molecule has 0 saturated carbocycles. The van der Waals surface area contributed by atoms with Crippen LogP contribution in [0, 0.1) is 17.5 Å². The molecule has 0 aliphatic carbocycles. The van der Waals surface area contributed by atoms with Crippen molar-refractivity contribution in [3.05, 3.63) is 89.7 Å². The Balaban J connectivity index is 1.81. The number of aromatic carboxylic acids is 1. The number of hydrogen-bond donors (Lipinski definition) is 1. The highest BCUT2D eigenvalue weighted by Gasteiger charge is 2.14. The molecule has 4 rings (SSSR count). The smallest absolute Gasteiger partial charge is 0.336 e. The molecule has 0 aliphatic rings. The van der Waals surface area contributed by atoms with Gasteiger partial charge in [-0.05, 0) is 35.9 Å². The lowest BCUT2D eigenvalue weighted by Crippen LogP contribution is -2.00. The lowest BCUT2D eigenvalue weighted by Gasteiger charge is -2.09. The zero-order valence-corrected chi connectivity index (χ0v) is 14.3. The number of aromatic nitrogens is 1. The van der Waals surface area contributed by atoms with E-state index in [1.165, 1.54) is 30.3 Å². The van der Waals surface area contributed by atoms with Crippen LogP contribution >= 0.6 is 0 Å². The van der Waals surface area contributed by atoms with Gasteiger partial charge in [-0.2, -0.15) is 0 Å². The van der Waals surface area contributed by atoms with E-state index in [1.54, 1.807) is 24.3 Å². The van der Waals surface area contributed by atoms with E-state index < -0.39 is 23.4 Å². The van der Waals surface area contributed by atoms with Gasteiger partial charge >= 0.3 is 5.97 Å².